The monoisotopic (exact) mass is 331 g/mol. The summed E-state index contributed by atoms with van der Waals surface area (Å²) in [5.74, 6) is 2.31. The Morgan fingerprint density at radius 1 is 1.08 bits per heavy atom. The molecule has 0 saturated carbocycles. The van der Waals surface area contributed by atoms with Gasteiger partial charge in [0.2, 0.25) is 17.5 Å². The second-order valence-corrected chi connectivity index (χ2v) is 7.16. The van der Waals surface area contributed by atoms with Crippen molar-refractivity contribution in [2.75, 3.05) is 18.0 Å². The number of fused-ring (bicyclic) bond motifs is 1. The first-order chi connectivity index (χ1) is 12.2. The lowest BCUT2D eigenvalue weighted by atomic mass is 9.92. The van der Waals surface area contributed by atoms with Crippen molar-refractivity contribution in [2.45, 2.75) is 20.3 Å². The summed E-state index contributed by atoms with van der Waals surface area (Å²) < 4.78 is 6.13. The number of rotatable bonds is 2. The molecule has 1 aromatic heterocycles. The number of oxazole rings is 1. The van der Waals surface area contributed by atoms with Crippen molar-refractivity contribution in [2.24, 2.45) is 11.8 Å². The van der Waals surface area contributed by atoms with Crippen molar-refractivity contribution in [3.05, 3.63) is 48.2 Å². The Balaban J connectivity index is 1.80. The summed E-state index contributed by atoms with van der Waals surface area (Å²) in [6, 6.07) is 16.4. The van der Waals surface area contributed by atoms with Crippen LogP contribution in [0.4, 0.5) is 5.88 Å². The fraction of sp³-hybridized carbons (Fsp3) is 0.333. The first-order valence-electron chi connectivity index (χ1n) is 8.79. The van der Waals surface area contributed by atoms with Crippen LogP contribution in [0.2, 0.25) is 0 Å². The maximum atomic E-state index is 9.56. The number of hydrogen-bond acceptors (Lipinski definition) is 4. The zero-order valence-corrected chi connectivity index (χ0v) is 14.6. The van der Waals surface area contributed by atoms with Gasteiger partial charge in [-0.05, 0) is 35.1 Å². The van der Waals surface area contributed by atoms with Gasteiger partial charge < -0.3 is 9.32 Å². The maximum absolute atomic E-state index is 9.56. The minimum absolute atomic E-state index is 0.379. The van der Waals surface area contributed by atoms with Gasteiger partial charge in [-0.2, -0.15) is 10.2 Å². The molecule has 2 atom stereocenters. The van der Waals surface area contributed by atoms with E-state index < -0.39 is 0 Å². The van der Waals surface area contributed by atoms with Crippen LogP contribution in [0.15, 0.2) is 46.9 Å². The van der Waals surface area contributed by atoms with Gasteiger partial charge in [-0.25, -0.2) is 0 Å². The SMILES string of the molecule is C[C@@H]1C[C@@H](C)CN(c2oc(-c3cccc4ccccc34)nc2C#N)C1. The van der Waals surface area contributed by atoms with Crippen molar-refractivity contribution < 1.29 is 4.42 Å². The Bertz CT molecular complexity index is 938. The Kier molecular flexibility index (Phi) is 3.93. The highest BCUT2D eigenvalue weighted by Gasteiger charge is 2.28. The lowest BCUT2D eigenvalue weighted by Crippen LogP contribution is -2.38. The molecule has 0 radical (unpaired) electrons. The summed E-state index contributed by atoms with van der Waals surface area (Å²) in [5, 5.41) is 11.8. The van der Waals surface area contributed by atoms with Crippen LogP contribution in [0.5, 0.6) is 0 Å². The van der Waals surface area contributed by atoms with Gasteiger partial charge in [-0.1, -0.05) is 50.2 Å². The molecule has 0 unspecified atom stereocenters. The number of nitriles is 1. The van der Waals surface area contributed by atoms with Crippen molar-refractivity contribution in [3.63, 3.8) is 0 Å². The van der Waals surface area contributed by atoms with Crippen LogP contribution < -0.4 is 4.90 Å². The fourth-order valence-corrected chi connectivity index (χ4v) is 3.96. The molecule has 4 rings (SSSR count). The lowest BCUT2D eigenvalue weighted by Gasteiger charge is -2.34. The predicted octanol–water partition coefficient (Wildman–Crippen LogP) is 4.85. The largest absolute Gasteiger partial charge is 0.419 e. The van der Waals surface area contributed by atoms with Crippen LogP contribution in [0.25, 0.3) is 22.2 Å². The van der Waals surface area contributed by atoms with Gasteiger partial charge in [-0.3, -0.25) is 0 Å². The van der Waals surface area contributed by atoms with Crippen LogP contribution in [-0.2, 0) is 0 Å². The Labute approximate surface area is 147 Å². The van der Waals surface area contributed by atoms with E-state index in [-0.39, 0.29) is 0 Å². The van der Waals surface area contributed by atoms with Gasteiger partial charge in [0.05, 0.1) is 0 Å². The Morgan fingerprint density at radius 3 is 2.56 bits per heavy atom. The summed E-state index contributed by atoms with van der Waals surface area (Å²) in [5.41, 5.74) is 1.31. The van der Waals surface area contributed by atoms with Gasteiger partial charge in [0, 0.05) is 18.7 Å². The molecule has 0 N–H and O–H groups in total. The smallest absolute Gasteiger partial charge is 0.235 e. The molecule has 2 heterocycles. The molecule has 0 bridgehead atoms. The van der Waals surface area contributed by atoms with E-state index in [0.717, 1.165) is 29.4 Å². The second-order valence-electron chi connectivity index (χ2n) is 7.16. The molecule has 0 aliphatic carbocycles. The number of hydrogen-bond donors (Lipinski definition) is 0. The van der Waals surface area contributed by atoms with E-state index in [1.165, 1.54) is 6.42 Å². The number of piperidine rings is 1. The molecule has 1 saturated heterocycles. The number of aromatic nitrogens is 1. The van der Waals surface area contributed by atoms with E-state index in [9.17, 15) is 5.26 Å². The number of benzene rings is 2. The number of nitrogens with zero attached hydrogens (tertiary/aromatic N) is 3. The van der Waals surface area contributed by atoms with E-state index in [1.807, 2.05) is 24.3 Å². The molecule has 25 heavy (non-hydrogen) atoms. The zero-order chi connectivity index (χ0) is 17.4. The average molecular weight is 331 g/mol. The van der Waals surface area contributed by atoms with Gasteiger partial charge in [0.15, 0.2) is 0 Å². The molecular weight excluding hydrogens is 310 g/mol. The van der Waals surface area contributed by atoms with Crippen molar-refractivity contribution in [1.29, 1.82) is 5.26 Å². The van der Waals surface area contributed by atoms with Crippen molar-refractivity contribution in [3.8, 4) is 17.5 Å². The van der Waals surface area contributed by atoms with Crippen molar-refractivity contribution >= 4 is 16.7 Å². The third-order valence-electron chi connectivity index (χ3n) is 4.89. The first kappa shape index (κ1) is 15.7. The molecular formula is C21H21N3O. The van der Waals surface area contributed by atoms with Crippen LogP contribution in [0, 0.1) is 23.2 Å². The first-order valence-corrected chi connectivity index (χ1v) is 8.79. The molecule has 1 fully saturated rings. The van der Waals surface area contributed by atoms with Crippen LogP contribution in [0.3, 0.4) is 0 Å². The van der Waals surface area contributed by atoms with Gasteiger partial charge >= 0.3 is 0 Å². The third kappa shape index (κ3) is 2.87. The van der Waals surface area contributed by atoms with Crippen LogP contribution in [-0.4, -0.2) is 18.1 Å². The topological polar surface area (TPSA) is 53.1 Å². The highest BCUT2D eigenvalue weighted by Crippen LogP contribution is 2.34. The number of anilines is 1. The normalized spacial score (nSPS) is 20.6. The van der Waals surface area contributed by atoms with E-state index >= 15 is 0 Å². The van der Waals surface area contributed by atoms with Crippen molar-refractivity contribution in [1.82, 2.24) is 4.98 Å². The predicted molar refractivity (Wildman–Crippen MR) is 99.3 cm³/mol. The van der Waals surface area contributed by atoms with Crippen LogP contribution in [0.1, 0.15) is 26.0 Å². The van der Waals surface area contributed by atoms with E-state index in [4.69, 9.17) is 4.42 Å². The minimum Gasteiger partial charge on any atom is -0.419 e. The Hall–Kier alpha value is -2.80. The molecule has 1 aliphatic heterocycles. The summed E-state index contributed by atoms with van der Waals surface area (Å²) in [6.45, 7) is 6.31. The molecule has 4 heteroatoms. The minimum atomic E-state index is 0.379. The molecule has 1 aliphatic rings. The lowest BCUT2D eigenvalue weighted by molar-refractivity contribution is 0.344. The standard InChI is InChI=1S/C21H21N3O/c1-14-10-15(2)13-24(12-14)21-19(11-22)23-20(25-21)18-9-5-7-16-6-3-4-8-17(16)18/h3-9,14-15H,10,12-13H2,1-2H3/t14-,15-/m1/s1. The highest BCUT2D eigenvalue weighted by molar-refractivity contribution is 5.94. The summed E-state index contributed by atoms with van der Waals surface area (Å²) in [7, 11) is 0. The molecule has 0 spiro atoms. The molecule has 0 amide bonds. The molecule has 4 nitrogen and oxygen atoms in total. The molecule has 126 valence electrons. The Morgan fingerprint density at radius 2 is 1.80 bits per heavy atom. The zero-order valence-electron chi connectivity index (χ0n) is 14.6. The maximum Gasteiger partial charge on any atom is 0.235 e. The van der Waals surface area contributed by atoms with Gasteiger partial charge in [0.25, 0.3) is 0 Å². The van der Waals surface area contributed by atoms with E-state index in [2.05, 4.69) is 48.0 Å². The highest BCUT2D eigenvalue weighted by atomic mass is 16.4. The second kappa shape index (κ2) is 6.25. The summed E-state index contributed by atoms with van der Waals surface area (Å²) >= 11 is 0. The van der Waals surface area contributed by atoms with Crippen LogP contribution >= 0.6 is 0 Å². The third-order valence-corrected chi connectivity index (χ3v) is 4.89. The van der Waals surface area contributed by atoms with E-state index in [1.54, 1.807) is 0 Å². The van der Waals surface area contributed by atoms with Gasteiger partial charge in [0.1, 0.15) is 6.07 Å². The summed E-state index contributed by atoms with van der Waals surface area (Å²) in [6.07, 6.45) is 1.21. The van der Waals surface area contributed by atoms with Gasteiger partial charge in [-0.15, -0.1) is 0 Å². The quantitative estimate of drug-likeness (QED) is 0.673. The molecule has 3 aromatic rings. The average Bonchev–Trinajstić information content (AvgIpc) is 3.04. The fourth-order valence-electron chi connectivity index (χ4n) is 3.96. The van der Waals surface area contributed by atoms with E-state index in [0.29, 0.717) is 29.3 Å². The summed E-state index contributed by atoms with van der Waals surface area (Å²) in [4.78, 5) is 6.68. The molecule has 2 aromatic carbocycles.